The van der Waals surface area contributed by atoms with Crippen LogP contribution in [0.15, 0.2) is 60.7 Å². The van der Waals surface area contributed by atoms with Gasteiger partial charge in [-0.2, -0.15) is 0 Å². The lowest BCUT2D eigenvalue weighted by molar-refractivity contribution is -0.134. The van der Waals surface area contributed by atoms with Gasteiger partial charge in [0, 0.05) is 18.8 Å². The first-order valence-corrected chi connectivity index (χ1v) is 10.4. The molecular weight excluding hydrogens is 376 g/mol. The maximum Gasteiger partial charge on any atom is 0.260 e. The van der Waals surface area contributed by atoms with E-state index in [-0.39, 0.29) is 18.4 Å². The molecule has 0 aliphatic carbocycles. The van der Waals surface area contributed by atoms with E-state index in [2.05, 4.69) is 5.32 Å². The molecule has 5 heteroatoms. The molecular formula is C25H26N2O3. The normalized spacial score (nSPS) is 13.8. The number of ether oxygens (including phenoxy) is 1. The molecule has 4 rings (SSSR count). The Kier molecular flexibility index (Phi) is 5.98. The number of hydrogen-bond donors (Lipinski definition) is 1. The lowest BCUT2D eigenvalue weighted by Gasteiger charge is -2.26. The summed E-state index contributed by atoms with van der Waals surface area (Å²) < 4.78 is 5.90. The molecule has 0 bridgehead atoms. The van der Waals surface area contributed by atoms with Crippen molar-refractivity contribution in [1.82, 2.24) is 4.90 Å². The predicted octanol–water partition coefficient (Wildman–Crippen LogP) is 4.79. The Morgan fingerprint density at radius 3 is 2.33 bits per heavy atom. The van der Waals surface area contributed by atoms with E-state index in [1.54, 1.807) is 0 Å². The van der Waals surface area contributed by atoms with Crippen molar-refractivity contribution in [2.45, 2.75) is 26.2 Å². The zero-order valence-corrected chi connectivity index (χ0v) is 17.2. The topological polar surface area (TPSA) is 58.6 Å². The minimum Gasteiger partial charge on any atom is -0.483 e. The Labute approximate surface area is 176 Å². The highest BCUT2D eigenvalue weighted by molar-refractivity contribution is 6.09. The van der Waals surface area contributed by atoms with Crippen LogP contribution in [0.5, 0.6) is 5.75 Å². The van der Waals surface area contributed by atoms with Gasteiger partial charge in [0.1, 0.15) is 5.75 Å². The number of hydrogen-bond acceptors (Lipinski definition) is 3. The second-order valence-corrected chi connectivity index (χ2v) is 7.69. The summed E-state index contributed by atoms with van der Waals surface area (Å²) in [6, 6.07) is 19.1. The van der Waals surface area contributed by atoms with Crippen LogP contribution in [0.1, 0.15) is 35.2 Å². The molecule has 1 fully saturated rings. The summed E-state index contributed by atoms with van der Waals surface area (Å²) in [6.45, 7) is 3.44. The van der Waals surface area contributed by atoms with E-state index in [0.717, 1.165) is 48.0 Å². The molecule has 2 amide bonds. The van der Waals surface area contributed by atoms with Crippen LogP contribution < -0.4 is 10.1 Å². The zero-order chi connectivity index (χ0) is 20.9. The van der Waals surface area contributed by atoms with Crippen molar-refractivity contribution in [3.63, 3.8) is 0 Å². The van der Waals surface area contributed by atoms with Gasteiger partial charge >= 0.3 is 0 Å². The second-order valence-electron chi connectivity index (χ2n) is 7.69. The molecule has 0 atom stereocenters. The van der Waals surface area contributed by atoms with Crippen LogP contribution in [0.4, 0.5) is 5.69 Å². The molecule has 3 aromatic rings. The quantitative estimate of drug-likeness (QED) is 0.667. The molecule has 30 heavy (non-hydrogen) atoms. The third-order valence-electron chi connectivity index (χ3n) is 5.55. The van der Waals surface area contributed by atoms with Crippen molar-refractivity contribution in [2.75, 3.05) is 25.0 Å². The fourth-order valence-corrected chi connectivity index (χ4v) is 3.79. The van der Waals surface area contributed by atoms with Crippen LogP contribution in [0.2, 0.25) is 0 Å². The SMILES string of the molecule is Cc1ccccc1NC(=O)c1cc2ccccc2cc1OCC(=O)N1CCCCC1. The molecule has 0 radical (unpaired) electrons. The Balaban J connectivity index is 1.59. The molecule has 3 aromatic carbocycles. The van der Waals surface area contributed by atoms with E-state index in [9.17, 15) is 9.59 Å². The van der Waals surface area contributed by atoms with E-state index >= 15 is 0 Å². The fourth-order valence-electron chi connectivity index (χ4n) is 3.79. The molecule has 1 N–H and O–H groups in total. The summed E-state index contributed by atoms with van der Waals surface area (Å²) in [4.78, 5) is 27.5. The van der Waals surface area contributed by atoms with E-state index < -0.39 is 0 Å². The molecule has 1 aliphatic heterocycles. The number of fused-ring (bicyclic) bond motifs is 1. The highest BCUT2D eigenvalue weighted by Crippen LogP contribution is 2.28. The van der Waals surface area contributed by atoms with E-state index in [1.165, 1.54) is 6.42 Å². The Hall–Kier alpha value is -3.34. The third-order valence-corrected chi connectivity index (χ3v) is 5.55. The van der Waals surface area contributed by atoms with Crippen LogP contribution in [-0.4, -0.2) is 36.4 Å². The minimum absolute atomic E-state index is 0.0341. The standard InChI is InChI=1S/C25H26N2O3/c1-18-9-3-6-12-22(18)26-25(29)21-15-19-10-4-5-11-20(19)16-23(21)30-17-24(28)27-13-7-2-8-14-27/h3-6,9-12,15-16H,2,7-8,13-14,17H2,1H3,(H,26,29). The summed E-state index contributed by atoms with van der Waals surface area (Å²) in [6.07, 6.45) is 3.23. The number of nitrogens with one attached hydrogen (secondary N) is 1. The van der Waals surface area contributed by atoms with E-state index in [1.807, 2.05) is 72.5 Å². The Morgan fingerprint density at radius 2 is 1.60 bits per heavy atom. The lowest BCUT2D eigenvalue weighted by Crippen LogP contribution is -2.38. The smallest absolute Gasteiger partial charge is 0.260 e. The van der Waals surface area contributed by atoms with Crippen LogP contribution >= 0.6 is 0 Å². The average molecular weight is 402 g/mol. The first-order valence-electron chi connectivity index (χ1n) is 10.4. The minimum atomic E-state index is -0.254. The van der Waals surface area contributed by atoms with Gasteiger partial charge in [-0.3, -0.25) is 9.59 Å². The highest BCUT2D eigenvalue weighted by atomic mass is 16.5. The number of nitrogens with zero attached hydrogens (tertiary/aromatic N) is 1. The number of carbonyl (C=O) groups excluding carboxylic acids is 2. The molecule has 0 saturated carbocycles. The summed E-state index contributed by atoms with van der Waals surface area (Å²) in [5.74, 6) is 0.133. The number of likely N-dealkylation sites (tertiary alicyclic amines) is 1. The number of amides is 2. The van der Waals surface area contributed by atoms with Gasteiger partial charge in [0.2, 0.25) is 0 Å². The molecule has 154 valence electrons. The summed E-state index contributed by atoms with van der Waals surface area (Å²) in [7, 11) is 0. The molecule has 1 aliphatic rings. The molecule has 0 spiro atoms. The molecule has 5 nitrogen and oxygen atoms in total. The number of aryl methyl sites for hydroxylation is 1. The summed E-state index contributed by atoms with van der Waals surface area (Å²) in [5, 5.41) is 4.88. The average Bonchev–Trinajstić information content (AvgIpc) is 2.79. The number of para-hydroxylation sites is 1. The maximum absolute atomic E-state index is 13.1. The maximum atomic E-state index is 13.1. The monoisotopic (exact) mass is 402 g/mol. The van der Waals surface area contributed by atoms with Gasteiger partial charge in [0.25, 0.3) is 11.8 Å². The van der Waals surface area contributed by atoms with Crippen LogP contribution in [-0.2, 0) is 4.79 Å². The number of piperidine rings is 1. The summed E-state index contributed by atoms with van der Waals surface area (Å²) >= 11 is 0. The van der Waals surface area contributed by atoms with E-state index in [0.29, 0.717) is 11.3 Å². The summed E-state index contributed by atoms with van der Waals surface area (Å²) in [5.41, 5.74) is 2.16. The van der Waals surface area contributed by atoms with Gasteiger partial charge in [-0.05, 0) is 60.7 Å². The Bertz CT molecular complexity index is 1070. The lowest BCUT2D eigenvalue weighted by atomic mass is 10.0. The molecule has 1 heterocycles. The highest BCUT2D eigenvalue weighted by Gasteiger charge is 2.20. The van der Waals surface area contributed by atoms with Gasteiger partial charge in [-0.25, -0.2) is 0 Å². The largest absolute Gasteiger partial charge is 0.483 e. The molecule has 0 unspecified atom stereocenters. The molecule has 0 aromatic heterocycles. The van der Waals surface area contributed by atoms with Crippen molar-refractivity contribution in [1.29, 1.82) is 0 Å². The predicted molar refractivity (Wildman–Crippen MR) is 119 cm³/mol. The first-order chi connectivity index (χ1) is 14.6. The number of benzene rings is 3. The van der Waals surface area contributed by atoms with Crippen molar-refractivity contribution < 1.29 is 14.3 Å². The zero-order valence-electron chi connectivity index (χ0n) is 17.2. The van der Waals surface area contributed by atoms with E-state index in [4.69, 9.17) is 4.74 Å². The van der Waals surface area contributed by atoms with Gasteiger partial charge in [0.15, 0.2) is 6.61 Å². The van der Waals surface area contributed by atoms with Gasteiger partial charge in [0.05, 0.1) is 5.56 Å². The van der Waals surface area contributed by atoms with Crippen LogP contribution in [0.25, 0.3) is 10.8 Å². The molecule has 1 saturated heterocycles. The van der Waals surface area contributed by atoms with Gasteiger partial charge in [-0.15, -0.1) is 0 Å². The van der Waals surface area contributed by atoms with Crippen LogP contribution in [0.3, 0.4) is 0 Å². The Morgan fingerprint density at radius 1 is 0.933 bits per heavy atom. The van der Waals surface area contributed by atoms with Crippen molar-refractivity contribution in [3.8, 4) is 5.75 Å². The third kappa shape index (κ3) is 4.46. The second kappa shape index (κ2) is 8.99. The van der Waals surface area contributed by atoms with Gasteiger partial charge < -0.3 is 15.0 Å². The first kappa shape index (κ1) is 20.0. The fraction of sp³-hybridized carbons (Fsp3) is 0.280. The van der Waals surface area contributed by atoms with Gasteiger partial charge in [-0.1, -0.05) is 42.5 Å². The van der Waals surface area contributed by atoms with Crippen LogP contribution in [0, 0.1) is 6.92 Å². The number of rotatable bonds is 5. The van der Waals surface area contributed by atoms with Crippen molar-refractivity contribution in [2.24, 2.45) is 0 Å². The van der Waals surface area contributed by atoms with Crippen molar-refractivity contribution >= 4 is 28.3 Å². The number of carbonyl (C=O) groups is 2. The van der Waals surface area contributed by atoms with Crippen molar-refractivity contribution in [3.05, 3.63) is 71.8 Å². The number of anilines is 1.